The molecule has 0 saturated carbocycles. The molecule has 1 amide bonds. The standard InChI is InChI=1S/C13H17FN2O/c1-9(2)5-6-16-8-11-4-3-10(13(15)17)7-12(11)14/h3-5,7,16H,6,8H2,1-2H3,(H2,15,17). The average molecular weight is 236 g/mol. The van der Waals surface area contributed by atoms with Crippen molar-refractivity contribution >= 4 is 5.91 Å². The van der Waals surface area contributed by atoms with Crippen LogP contribution in [-0.4, -0.2) is 12.5 Å². The fraction of sp³-hybridized carbons (Fsp3) is 0.308. The van der Waals surface area contributed by atoms with Crippen molar-refractivity contribution in [2.75, 3.05) is 6.54 Å². The average Bonchev–Trinajstić information content (AvgIpc) is 2.25. The lowest BCUT2D eigenvalue weighted by Crippen LogP contribution is -2.16. The Labute approximate surface area is 101 Å². The van der Waals surface area contributed by atoms with Gasteiger partial charge in [0.2, 0.25) is 5.91 Å². The van der Waals surface area contributed by atoms with Crippen molar-refractivity contribution in [2.45, 2.75) is 20.4 Å². The quantitative estimate of drug-likeness (QED) is 0.606. The van der Waals surface area contributed by atoms with Crippen LogP contribution in [0.15, 0.2) is 29.8 Å². The molecule has 0 spiro atoms. The molecule has 1 rings (SSSR count). The van der Waals surface area contributed by atoms with Crippen LogP contribution in [0.2, 0.25) is 0 Å². The molecule has 3 N–H and O–H groups in total. The van der Waals surface area contributed by atoms with Crippen LogP contribution < -0.4 is 11.1 Å². The van der Waals surface area contributed by atoms with Gasteiger partial charge < -0.3 is 11.1 Å². The van der Waals surface area contributed by atoms with E-state index in [4.69, 9.17) is 5.73 Å². The molecule has 4 heteroatoms. The second-order valence-corrected chi connectivity index (χ2v) is 4.08. The van der Waals surface area contributed by atoms with E-state index >= 15 is 0 Å². The predicted octanol–water partition coefficient (Wildman–Crippen LogP) is 1.98. The fourth-order valence-electron chi connectivity index (χ4n) is 1.33. The van der Waals surface area contributed by atoms with Gasteiger partial charge in [0.1, 0.15) is 5.82 Å². The number of hydrogen-bond donors (Lipinski definition) is 2. The Kier molecular flexibility index (Phi) is 4.84. The van der Waals surface area contributed by atoms with E-state index in [-0.39, 0.29) is 5.56 Å². The number of amides is 1. The van der Waals surface area contributed by atoms with Gasteiger partial charge in [-0.2, -0.15) is 0 Å². The number of rotatable bonds is 5. The highest BCUT2D eigenvalue weighted by Gasteiger charge is 2.06. The zero-order chi connectivity index (χ0) is 12.8. The van der Waals surface area contributed by atoms with Crippen molar-refractivity contribution in [3.8, 4) is 0 Å². The first-order valence-corrected chi connectivity index (χ1v) is 5.43. The number of allylic oxidation sites excluding steroid dienone is 1. The summed E-state index contributed by atoms with van der Waals surface area (Å²) in [7, 11) is 0. The summed E-state index contributed by atoms with van der Waals surface area (Å²) in [5.41, 5.74) is 6.98. The highest BCUT2D eigenvalue weighted by molar-refractivity contribution is 5.92. The van der Waals surface area contributed by atoms with Crippen molar-refractivity contribution < 1.29 is 9.18 Å². The molecule has 0 aliphatic rings. The van der Waals surface area contributed by atoms with Gasteiger partial charge in [0.05, 0.1) is 0 Å². The summed E-state index contributed by atoms with van der Waals surface area (Å²) in [6, 6.07) is 4.27. The Hall–Kier alpha value is -1.68. The summed E-state index contributed by atoms with van der Waals surface area (Å²) in [6.07, 6.45) is 2.02. The summed E-state index contributed by atoms with van der Waals surface area (Å²) in [6.45, 7) is 5.13. The zero-order valence-electron chi connectivity index (χ0n) is 10.1. The molecule has 1 aromatic carbocycles. The van der Waals surface area contributed by atoms with Gasteiger partial charge in [-0.1, -0.05) is 17.7 Å². The van der Waals surface area contributed by atoms with Crippen LogP contribution in [-0.2, 0) is 6.54 Å². The fourth-order valence-corrected chi connectivity index (χ4v) is 1.33. The predicted molar refractivity (Wildman–Crippen MR) is 66.1 cm³/mol. The maximum atomic E-state index is 13.5. The molecule has 3 nitrogen and oxygen atoms in total. The number of hydrogen-bond acceptors (Lipinski definition) is 2. The summed E-state index contributed by atoms with van der Waals surface area (Å²) < 4.78 is 13.5. The minimum Gasteiger partial charge on any atom is -0.366 e. The van der Waals surface area contributed by atoms with E-state index in [9.17, 15) is 9.18 Å². The Bertz CT molecular complexity index is 437. The normalized spacial score (nSPS) is 10.1. The first-order valence-electron chi connectivity index (χ1n) is 5.43. The van der Waals surface area contributed by atoms with Crippen molar-refractivity contribution in [3.05, 3.63) is 46.8 Å². The zero-order valence-corrected chi connectivity index (χ0v) is 10.1. The molecular formula is C13H17FN2O. The van der Waals surface area contributed by atoms with E-state index < -0.39 is 11.7 Å². The van der Waals surface area contributed by atoms with Crippen LogP contribution in [0.1, 0.15) is 29.8 Å². The maximum absolute atomic E-state index is 13.5. The molecule has 0 atom stereocenters. The topological polar surface area (TPSA) is 55.1 Å². The van der Waals surface area contributed by atoms with E-state index in [2.05, 4.69) is 5.32 Å². The lowest BCUT2D eigenvalue weighted by Gasteiger charge is -2.05. The Balaban J connectivity index is 2.61. The number of carbonyl (C=O) groups excluding carboxylic acids is 1. The second kappa shape index (κ2) is 6.15. The molecule has 17 heavy (non-hydrogen) atoms. The third-order valence-electron chi connectivity index (χ3n) is 2.31. The highest BCUT2D eigenvalue weighted by atomic mass is 19.1. The smallest absolute Gasteiger partial charge is 0.248 e. The summed E-state index contributed by atoms with van der Waals surface area (Å²) in [4.78, 5) is 10.8. The number of carbonyl (C=O) groups is 1. The molecule has 1 aromatic rings. The Morgan fingerprint density at radius 3 is 2.71 bits per heavy atom. The Morgan fingerprint density at radius 1 is 1.47 bits per heavy atom. The van der Waals surface area contributed by atoms with E-state index in [1.165, 1.54) is 17.7 Å². The lowest BCUT2D eigenvalue weighted by molar-refractivity contribution is 0.1000. The van der Waals surface area contributed by atoms with Crippen LogP contribution >= 0.6 is 0 Å². The van der Waals surface area contributed by atoms with Crippen molar-refractivity contribution in [1.29, 1.82) is 0 Å². The molecule has 0 fully saturated rings. The molecule has 0 heterocycles. The summed E-state index contributed by atoms with van der Waals surface area (Å²) >= 11 is 0. The van der Waals surface area contributed by atoms with Gasteiger partial charge in [0, 0.05) is 24.2 Å². The van der Waals surface area contributed by atoms with E-state index in [0.29, 0.717) is 18.7 Å². The monoisotopic (exact) mass is 236 g/mol. The minimum absolute atomic E-state index is 0.190. The first-order chi connectivity index (χ1) is 8.00. The molecule has 0 aliphatic carbocycles. The third-order valence-corrected chi connectivity index (χ3v) is 2.31. The molecule has 0 aromatic heterocycles. The van der Waals surface area contributed by atoms with Gasteiger partial charge in [-0.25, -0.2) is 4.39 Å². The molecule has 0 radical (unpaired) electrons. The molecular weight excluding hydrogens is 219 g/mol. The van der Waals surface area contributed by atoms with Crippen LogP contribution in [0.5, 0.6) is 0 Å². The van der Waals surface area contributed by atoms with E-state index in [1.54, 1.807) is 6.07 Å². The molecule has 0 saturated heterocycles. The minimum atomic E-state index is -0.618. The number of nitrogens with one attached hydrogen (secondary N) is 1. The van der Waals surface area contributed by atoms with Crippen molar-refractivity contribution in [3.63, 3.8) is 0 Å². The van der Waals surface area contributed by atoms with Gasteiger partial charge in [-0.15, -0.1) is 0 Å². The molecule has 0 unspecified atom stereocenters. The van der Waals surface area contributed by atoms with Crippen molar-refractivity contribution in [1.82, 2.24) is 5.32 Å². The summed E-state index contributed by atoms with van der Waals surface area (Å²) in [5.74, 6) is -1.03. The van der Waals surface area contributed by atoms with Gasteiger partial charge in [-0.3, -0.25) is 4.79 Å². The lowest BCUT2D eigenvalue weighted by atomic mass is 10.1. The van der Waals surface area contributed by atoms with Crippen LogP contribution in [0, 0.1) is 5.82 Å². The van der Waals surface area contributed by atoms with Crippen molar-refractivity contribution in [2.24, 2.45) is 5.73 Å². The number of halogens is 1. The SMILES string of the molecule is CC(C)=CCNCc1ccc(C(N)=O)cc1F. The van der Waals surface area contributed by atoms with Crippen LogP contribution in [0.25, 0.3) is 0 Å². The van der Waals surface area contributed by atoms with Crippen LogP contribution in [0.3, 0.4) is 0 Å². The van der Waals surface area contributed by atoms with Gasteiger partial charge in [0.15, 0.2) is 0 Å². The Morgan fingerprint density at radius 2 is 2.18 bits per heavy atom. The molecule has 0 aliphatic heterocycles. The number of nitrogens with two attached hydrogens (primary N) is 1. The van der Waals surface area contributed by atoms with Gasteiger partial charge in [0.25, 0.3) is 0 Å². The largest absolute Gasteiger partial charge is 0.366 e. The number of primary amides is 1. The van der Waals surface area contributed by atoms with Crippen LogP contribution in [0.4, 0.5) is 4.39 Å². The summed E-state index contributed by atoms with van der Waals surface area (Å²) in [5, 5.41) is 3.09. The maximum Gasteiger partial charge on any atom is 0.248 e. The molecule has 92 valence electrons. The number of benzene rings is 1. The second-order valence-electron chi connectivity index (χ2n) is 4.08. The van der Waals surface area contributed by atoms with E-state index in [1.807, 2.05) is 19.9 Å². The first kappa shape index (κ1) is 13.4. The highest BCUT2D eigenvalue weighted by Crippen LogP contribution is 2.09. The van der Waals surface area contributed by atoms with Gasteiger partial charge in [-0.05, 0) is 26.0 Å². The van der Waals surface area contributed by atoms with Gasteiger partial charge >= 0.3 is 0 Å². The van der Waals surface area contributed by atoms with E-state index in [0.717, 1.165) is 0 Å². The third kappa shape index (κ3) is 4.36. The molecule has 0 bridgehead atoms.